The van der Waals surface area contributed by atoms with E-state index in [1.807, 2.05) is 30.3 Å². The van der Waals surface area contributed by atoms with Crippen LogP contribution in [0.15, 0.2) is 59.1 Å². The Morgan fingerprint density at radius 2 is 1.92 bits per heavy atom. The minimum Gasteiger partial charge on any atom is -0.455 e. The Labute approximate surface area is 149 Å². The number of hydrogen-bond acceptors (Lipinski definition) is 4. The molecule has 4 nitrogen and oxygen atoms in total. The van der Waals surface area contributed by atoms with Crippen LogP contribution in [0.3, 0.4) is 0 Å². The van der Waals surface area contributed by atoms with Gasteiger partial charge in [-0.1, -0.05) is 59.6 Å². The van der Waals surface area contributed by atoms with Crippen LogP contribution >= 0.6 is 23.2 Å². The van der Waals surface area contributed by atoms with E-state index in [0.717, 1.165) is 5.56 Å². The number of esters is 1. The lowest BCUT2D eigenvalue weighted by molar-refractivity contribution is -0.144. The third-order valence-corrected chi connectivity index (χ3v) is 3.91. The van der Waals surface area contributed by atoms with Gasteiger partial charge >= 0.3 is 5.97 Å². The molecule has 0 saturated carbocycles. The number of rotatable bonds is 5. The topological polar surface area (TPSA) is 52.3 Å². The van der Waals surface area contributed by atoms with E-state index >= 15 is 0 Å². The molecule has 1 aromatic heterocycles. The van der Waals surface area contributed by atoms with Crippen molar-refractivity contribution in [3.05, 3.63) is 76.2 Å². The zero-order valence-electron chi connectivity index (χ0n) is 12.5. The number of nitrogens with zero attached hydrogens (tertiary/aromatic N) is 1. The van der Waals surface area contributed by atoms with Crippen molar-refractivity contribution in [3.63, 3.8) is 0 Å². The molecule has 3 aromatic rings. The van der Waals surface area contributed by atoms with Crippen molar-refractivity contribution in [2.24, 2.45) is 0 Å². The summed E-state index contributed by atoms with van der Waals surface area (Å²) in [5.41, 5.74) is 1.57. The Bertz CT molecular complexity index is 846. The summed E-state index contributed by atoms with van der Waals surface area (Å²) in [7, 11) is 0. The van der Waals surface area contributed by atoms with Crippen molar-refractivity contribution in [1.82, 2.24) is 4.98 Å². The lowest BCUT2D eigenvalue weighted by Gasteiger charge is -2.05. The predicted octanol–water partition coefficient (Wildman–Crippen LogP) is 4.93. The second-order valence-electron chi connectivity index (χ2n) is 5.06. The van der Waals surface area contributed by atoms with Gasteiger partial charge in [0.25, 0.3) is 0 Å². The second-order valence-corrected chi connectivity index (χ2v) is 5.90. The van der Waals surface area contributed by atoms with E-state index < -0.39 is 5.97 Å². The molecule has 0 N–H and O–H groups in total. The predicted molar refractivity (Wildman–Crippen MR) is 91.9 cm³/mol. The van der Waals surface area contributed by atoms with Crippen molar-refractivity contribution in [3.8, 4) is 11.3 Å². The fourth-order valence-electron chi connectivity index (χ4n) is 2.13. The van der Waals surface area contributed by atoms with E-state index in [-0.39, 0.29) is 13.0 Å². The molecule has 0 unspecified atom stereocenters. The van der Waals surface area contributed by atoms with Gasteiger partial charge in [-0.25, -0.2) is 4.98 Å². The van der Waals surface area contributed by atoms with Gasteiger partial charge in [-0.2, -0.15) is 0 Å². The number of halogens is 2. The van der Waals surface area contributed by atoms with Crippen LogP contribution in [0.4, 0.5) is 0 Å². The molecule has 0 fully saturated rings. The highest BCUT2D eigenvalue weighted by Gasteiger charge is 2.12. The first-order valence-electron chi connectivity index (χ1n) is 7.21. The summed E-state index contributed by atoms with van der Waals surface area (Å²) in [5, 5.41) is 0.951. The zero-order chi connectivity index (χ0) is 16.9. The first kappa shape index (κ1) is 16.6. The van der Waals surface area contributed by atoms with Gasteiger partial charge < -0.3 is 9.15 Å². The number of ether oxygens (including phenoxy) is 1. The molecule has 24 heavy (non-hydrogen) atoms. The quantitative estimate of drug-likeness (QED) is 0.604. The smallest absolute Gasteiger partial charge is 0.310 e. The standard InChI is InChI=1S/C18H13Cl2NO3/c19-14-7-6-13(15(20)9-14)8-18(22)23-11-17-21-10-16(24-17)12-4-2-1-3-5-12/h1-7,9-10H,8,11H2. The lowest BCUT2D eigenvalue weighted by Crippen LogP contribution is -2.08. The lowest BCUT2D eigenvalue weighted by atomic mass is 10.1. The molecule has 0 aliphatic rings. The summed E-state index contributed by atoms with van der Waals surface area (Å²) in [6, 6.07) is 14.5. The Hall–Kier alpha value is -2.30. The molecule has 122 valence electrons. The Morgan fingerprint density at radius 3 is 2.67 bits per heavy atom. The van der Waals surface area contributed by atoms with E-state index in [4.69, 9.17) is 32.4 Å². The normalized spacial score (nSPS) is 10.6. The highest BCUT2D eigenvalue weighted by atomic mass is 35.5. The molecule has 0 atom stereocenters. The van der Waals surface area contributed by atoms with E-state index in [2.05, 4.69) is 4.98 Å². The maximum absolute atomic E-state index is 11.9. The third kappa shape index (κ3) is 4.16. The van der Waals surface area contributed by atoms with Gasteiger partial charge in [0.05, 0.1) is 12.6 Å². The molecule has 0 radical (unpaired) electrons. The minimum absolute atomic E-state index is 0.0309. The van der Waals surface area contributed by atoms with E-state index in [1.54, 1.807) is 24.4 Å². The van der Waals surface area contributed by atoms with Gasteiger partial charge in [0, 0.05) is 15.6 Å². The summed E-state index contributed by atoms with van der Waals surface area (Å²) in [4.78, 5) is 16.0. The van der Waals surface area contributed by atoms with Crippen LogP contribution in [0.25, 0.3) is 11.3 Å². The SMILES string of the molecule is O=C(Cc1ccc(Cl)cc1Cl)OCc1ncc(-c2ccccc2)o1. The van der Waals surface area contributed by atoms with Crippen LogP contribution in [0.1, 0.15) is 11.5 Å². The summed E-state index contributed by atoms with van der Waals surface area (Å²) in [5.74, 6) is 0.547. The molecule has 0 aliphatic heterocycles. The molecule has 0 bridgehead atoms. The van der Waals surface area contributed by atoms with Crippen LogP contribution in [0.5, 0.6) is 0 Å². The number of aromatic nitrogens is 1. The van der Waals surface area contributed by atoms with Crippen LogP contribution in [0.2, 0.25) is 10.0 Å². The first-order chi connectivity index (χ1) is 11.6. The van der Waals surface area contributed by atoms with E-state index in [1.165, 1.54) is 0 Å². The summed E-state index contributed by atoms with van der Waals surface area (Å²) >= 11 is 11.9. The number of carbonyl (C=O) groups is 1. The molecule has 0 spiro atoms. The van der Waals surface area contributed by atoms with Crippen LogP contribution in [0, 0.1) is 0 Å². The first-order valence-corrected chi connectivity index (χ1v) is 7.97. The largest absolute Gasteiger partial charge is 0.455 e. The Morgan fingerprint density at radius 1 is 1.12 bits per heavy atom. The van der Waals surface area contributed by atoms with Crippen LogP contribution < -0.4 is 0 Å². The molecular formula is C18H13Cl2NO3. The maximum atomic E-state index is 11.9. The molecule has 0 amide bonds. The van der Waals surface area contributed by atoms with Crippen molar-refractivity contribution in [2.75, 3.05) is 0 Å². The fourth-order valence-corrected chi connectivity index (χ4v) is 2.60. The highest BCUT2D eigenvalue weighted by Crippen LogP contribution is 2.22. The molecular weight excluding hydrogens is 349 g/mol. The molecule has 2 aromatic carbocycles. The maximum Gasteiger partial charge on any atom is 0.310 e. The summed E-state index contributed by atoms with van der Waals surface area (Å²) in [6.07, 6.45) is 1.66. The Kier molecular flexibility index (Phi) is 5.18. The number of hydrogen-bond donors (Lipinski definition) is 0. The number of carbonyl (C=O) groups excluding carboxylic acids is 1. The Balaban J connectivity index is 1.58. The van der Waals surface area contributed by atoms with Gasteiger partial charge in [-0.05, 0) is 17.7 Å². The van der Waals surface area contributed by atoms with Crippen LogP contribution in [-0.2, 0) is 22.6 Å². The van der Waals surface area contributed by atoms with Crippen molar-refractivity contribution >= 4 is 29.2 Å². The second kappa shape index (κ2) is 7.51. The van der Waals surface area contributed by atoms with Gasteiger partial charge in [0.2, 0.25) is 5.89 Å². The zero-order valence-corrected chi connectivity index (χ0v) is 14.1. The molecule has 0 saturated heterocycles. The monoisotopic (exact) mass is 361 g/mol. The van der Waals surface area contributed by atoms with Crippen molar-refractivity contribution < 1.29 is 13.9 Å². The molecule has 6 heteroatoms. The van der Waals surface area contributed by atoms with Crippen molar-refractivity contribution in [1.29, 1.82) is 0 Å². The van der Waals surface area contributed by atoms with E-state index in [0.29, 0.717) is 27.3 Å². The van der Waals surface area contributed by atoms with E-state index in [9.17, 15) is 4.79 Å². The van der Waals surface area contributed by atoms with Crippen molar-refractivity contribution in [2.45, 2.75) is 13.0 Å². The van der Waals surface area contributed by atoms with Gasteiger partial charge in [-0.3, -0.25) is 4.79 Å². The molecule has 3 rings (SSSR count). The minimum atomic E-state index is -0.418. The fraction of sp³-hybridized carbons (Fsp3) is 0.111. The van der Waals surface area contributed by atoms with Gasteiger partial charge in [0.15, 0.2) is 12.4 Å². The van der Waals surface area contributed by atoms with Crippen LogP contribution in [-0.4, -0.2) is 11.0 Å². The van der Waals surface area contributed by atoms with Gasteiger partial charge in [-0.15, -0.1) is 0 Å². The molecule has 0 aliphatic carbocycles. The van der Waals surface area contributed by atoms with Gasteiger partial charge in [0.1, 0.15) is 0 Å². The summed E-state index contributed by atoms with van der Waals surface area (Å²) < 4.78 is 10.8. The average molecular weight is 362 g/mol. The highest BCUT2D eigenvalue weighted by molar-refractivity contribution is 6.35. The molecule has 1 heterocycles. The average Bonchev–Trinajstić information content (AvgIpc) is 3.05. The number of oxazole rings is 1. The summed E-state index contributed by atoms with van der Waals surface area (Å²) in [6.45, 7) is -0.0309. The third-order valence-electron chi connectivity index (χ3n) is 3.32. The number of benzene rings is 2.